The lowest BCUT2D eigenvalue weighted by atomic mass is 9.88. The van der Waals surface area contributed by atoms with Crippen molar-refractivity contribution >= 4 is 27.3 Å². The minimum absolute atomic E-state index is 0.391. The van der Waals surface area contributed by atoms with Crippen LogP contribution in [0.3, 0.4) is 0 Å². The number of nitrogens with one attached hydrogen (secondary N) is 1. The minimum Gasteiger partial charge on any atom is -0.309 e. The van der Waals surface area contributed by atoms with E-state index in [4.69, 9.17) is 0 Å². The Morgan fingerprint density at radius 3 is 2.40 bits per heavy atom. The SMILES string of the molecule is CCNC(c1cc(C)c(Br)s1)C(CC)c1ccccc1. The van der Waals surface area contributed by atoms with Crippen molar-refractivity contribution in [1.82, 2.24) is 5.32 Å². The fourth-order valence-electron chi connectivity index (χ4n) is 2.66. The van der Waals surface area contributed by atoms with Gasteiger partial charge in [0.15, 0.2) is 0 Å². The second-order valence-corrected chi connectivity index (χ2v) is 7.47. The van der Waals surface area contributed by atoms with Crippen molar-refractivity contribution in [3.8, 4) is 0 Å². The molecule has 0 fully saturated rings. The highest BCUT2D eigenvalue weighted by Crippen LogP contribution is 2.39. The number of halogens is 1. The van der Waals surface area contributed by atoms with Gasteiger partial charge in [0, 0.05) is 16.8 Å². The Morgan fingerprint density at radius 2 is 1.90 bits per heavy atom. The van der Waals surface area contributed by atoms with Crippen LogP contribution in [0, 0.1) is 6.92 Å². The van der Waals surface area contributed by atoms with Crippen LogP contribution in [0.15, 0.2) is 40.2 Å². The maximum absolute atomic E-state index is 3.68. The summed E-state index contributed by atoms with van der Waals surface area (Å²) in [6.07, 6.45) is 1.14. The second kappa shape index (κ2) is 7.39. The Kier molecular flexibility index (Phi) is 5.82. The zero-order chi connectivity index (χ0) is 14.5. The van der Waals surface area contributed by atoms with Crippen molar-refractivity contribution in [3.63, 3.8) is 0 Å². The molecule has 1 aromatic heterocycles. The van der Waals surface area contributed by atoms with Crippen LogP contribution in [0.1, 0.15) is 48.2 Å². The first-order chi connectivity index (χ1) is 9.67. The number of rotatable bonds is 6. The van der Waals surface area contributed by atoms with Gasteiger partial charge in [-0.05, 0) is 53.0 Å². The van der Waals surface area contributed by atoms with Crippen molar-refractivity contribution < 1.29 is 0 Å². The zero-order valence-corrected chi connectivity index (χ0v) is 14.7. The van der Waals surface area contributed by atoms with Crippen molar-refractivity contribution in [2.75, 3.05) is 6.54 Å². The maximum Gasteiger partial charge on any atom is 0.0731 e. The van der Waals surface area contributed by atoms with E-state index >= 15 is 0 Å². The average Bonchev–Trinajstić information content (AvgIpc) is 2.79. The predicted octanol–water partition coefficient (Wildman–Crippen LogP) is 5.66. The lowest BCUT2D eigenvalue weighted by Gasteiger charge is -2.26. The standard InChI is InChI=1S/C17H22BrNS/c1-4-14(13-9-7-6-8-10-13)16(19-5-2)15-11-12(3)17(18)20-15/h6-11,14,16,19H,4-5H2,1-3H3. The van der Waals surface area contributed by atoms with Crippen LogP contribution in [-0.4, -0.2) is 6.54 Å². The van der Waals surface area contributed by atoms with Crippen LogP contribution in [0.5, 0.6) is 0 Å². The van der Waals surface area contributed by atoms with Gasteiger partial charge < -0.3 is 5.32 Å². The molecular formula is C17H22BrNS. The fraction of sp³-hybridized carbons (Fsp3) is 0.412. The summed E-state index contributed by atoms with van der Waals surface area (Å²) in [5, 5.41) is 3.68. The molecule has 1 heterocycles. The Hall–Kier alpha value is -0.640. The smallest absolute Gasteiger partial charge is 0.0731 e. The Morgan fingerprint density at radius 1 is 1.20 bits per heavy atom. The molecule has 3 heteroatoms. The van der Waals surface area contributed by atoms with Gasteiger partial charge in [0.1, 0.15) is 0 Å². The van der Waals surface area contributed by atoms with Crippen LogP contribution < -0.4 is 5.32 Å². The summed E-state index contributed by atoms with van der Waals surface area (Å²) in [5.74, 6) is 0.515. The Labute approximate surface area is 134 Å². The topological polar surface area (TPSA) is 12.0 Å². The molecule has 1 nitrogen and oxygen atoms in total. The monoisotopic (exact) mass is 351 g/mol. The van der Waals surface area contributed by atoms with Gasteiger partial charge in [-0.1, -0.05) is 44.2 Å². The fourth-order valence-corrected chi connectivity index (χ4v) is 4.37. The van der Waals surface area contributed by atoms with Gasteiger partial charge in [-0.15, -0.1) is 11.3 Å². The molecule has 0 radical (unpaired) electrons. The molecule has 0 aliphatic heterocycles. The third kappa shape index (κ3) is 3.51. The first kappa shape index (κ1) is 15.7. The Bertz CT molecular complexity index is 516. The third-order valence-corrected chi connectivity index (χ3v) is 5.90. The van der Waals surface area contributed by atoms with Crippen LogP contribution in [0.2, 0.25) is 0 Å². The van der Waals surface area contributed by atoms with E-state index in [0.29, 0.717) is 12.0 Å². The van der Waals surface area contributed by atoms with Crippen LogP contribution >= 0.6 is 27.3 Å². The Balaban J connectivity index is 2.35. The number of hydrogen-bond donors (Lipinski definition) is 1. The summed E-state index contributed by atoms with van der Waals surface area (Å²) < 4.78 is 1.25. The van der Waals surface area contributed by atoms with E-state index in [2.05, 4.69) is 78.4 Å². The molecule has 2 atom stereocenters. The van der Waals surface area contributed by atoms with E-state index in [1.807, 2.05) is 11.3 Å². The van der Waals surface area contributed by atoms with Crippen LogP contribution in [0.4, 0.5) is 0 Å². The van der Waals surface area contributed by atoms with Gasteiger partial charge in [-0.25, -0.2) is 0 Å². The van der Waals surface area contributed by atoms with E-state index in [9.17, 15) is 0 Å². The number of likely N-dealkylation sites (N-methyl/N-ethyl adjacent to an activating group) is 1. The summed E-state index contributed by atoms with van der Waals surface area (Å²) in [5.41, 5.74) is 2.75. The molecule has 2 aromatic rings. The summed E-state index contributed by atoms with van der Waals surface area (Å²) >= 11 is 5.51. The molecule has 0 amide bonds. The van der Waals surface area contributed by atoms with Crippen molar-refractivity contribution in [1.29, 1.82) is 0 Å². The highest BCUT2D eigenvalue weighted by molar-refractivity contribution is 9.11. The molecule has 2 rings (SSSR count). The first-order valence-electron chi connectivity index (χ1n) is 7.21. The minimum atomic E-state index is 0.391. The van der Waals surface area contributed by atoms with Gasteiger partial charge in [0.05, 0.1) is 3.79 Å². The van der Waals surface area contributed by atoms with Crippen molar-refractivity contribution in [2.45, 2.75) is 39.2 Å². The number of benzene rings is 1. The highest BCUT2D eigenvalue weighted by atomic mass is 79.9. The second-order valence-electron chi connectivity index (χ2n) is 5.07. The number of hydrogen-bond acceptors (Lipinski definition) is 2. The van der Waals surface area contributed by atoms with E-state index in [1.54, 1.807) is 0 Å². The van der Waals surface area contributed by atoms with Gasteiger partial charge in [-0.2, -0.15) is 0 Å². The van der Waals surface area contributed by atoms with E-state index < -0.39 is 0 Å². The molecule has 108 valence electrons. The average molecular weight is 352 g/mol. The van der Waals surface area contributed by atoms with E-state index in [0.717, 1.165) is 13.0 Å². The van der Waals surface area contributed by atoms with Gasteiger partial charge >= 0.3 is 0 Å². The predicted molar refractivity (Wildman–Crippen MR) is 92.6 cm³/mol. The van der Waals surface area contributed by atoms with E-state index in [-0.39, 0.29) is 0 Å². The van der Waals surface area contributed by atoms with Gasteiger partial charge in [0.2, 0.25) is 0 Å². The molecular weight excluding hydrogens is 330 g/mol. The summed E-state index contributed by atoms with van der Waals surface area (Å²) in [6, 6.07) is 13.6. The van der Waals surface area contributed by atoms with Crippen molar-refractivity contribution in [2.24, 2.45) is 0 Å². The number of thiophene rings is 1. The van der Waals surface area contributed by atoms with E-state index in [1.165, 1.54) is 19.8 Å². The summed E-state index contributed by atoms with van der Waals surface area (Å²) in [7, 11) is 0. The maximum atomic E-state index is 3.68. The molecule has 2 unspecified atom stereocenters. The molecule has 0 spiro atoms. The normalized spacial score (nSPS) is 14.2. The summed E-state index contributed by atoms with van der Waals surface area (Å²) in [6.45, 7) is 7.61. The molecule has 1 N–H and O–H groups in total. The molecule has 0 bridgehead atoms. The first-order valence-corrected chi connectivity index (χ1v) is 8.82. The van der Waals surface area contributed by atoms with Gasteiger partial charge in [-0.3, -0.25) is 0 Å². The zero-order valence-electron chi connectivity index (χ0n) is 12.3. The van der Waals surface area contributed by atoms with Crippen LogP contribution in [0.25, 0.3) is 0 Å². The largest absolute Gasteiger partial charge is 0.309 e. The number of aryl methyl sites for hydroxylation is 1. The molecule has 1 aromatic carbocycles. The molecule has 20 heavy (non-hydrogen) atoms. The molecule has 0 saturated heterocycles. The summed E-state index contributed by atoms with van der Waals surface area (Å²) in [4.78, 5) is 1.42. The lowest BCUT2D eigenvalue weighted by Crippen LogP contribution is -2.26. The quantitative estimate of drug-likeness (QED) is 0.707. The molecule has 0 aliphatic rings. The third-order valence-electron chi connectivity index (χ3n) is 3.68. The van der Waals surface area contributed by atoms with Crippen molar-refractivity contribution in [3.05, 3.63) is 56.2 Å². The highest BCUT2D eigenvalue weighted by Gasteiger charge is 2.24. The van der Waals surface area contributed by atoms with Gasteiger partial charge in [0.25, 0.3) is 0 Å². The molecule has 0 saturated carbocycles. The lowest BCUT2D eigenvalue weighted by molar-refractivity contribution is 0.451. The molecule has 0 aliphatic carbocycles. The van der Waals surface area contributed by atoms with Crippen LogP contribution in [-0.2, 0) is 0 Å².